The Kier molecular flexibility index (Phi) is 5.03. The molecule has 1 aromatic heterocycles. The van der Waals surface area contributed by atoms with E-state index in [0.29, 0.717) is 22.9 Å². The third-order valence-corrected chi connectivity index (χ3v) is 4.40. The first-order valence-corrected chi connectivity index (χ1v) is 8.62. The van der Waals surface area contributed by atoms with Gasteiger partial charge >= 0.3 is 0 Å². The fraction of sp³-hybridized carbons (Fsp3) is 0.438. The van der Waals surface area contributed by atoms with Gasteiger partial charge in [-0.2, -0.15) is 0 Å². The summed E-state index contributed by atoms with van der Waals surface area (Å²) in [5, 5.41) is 10.8. The molecule has 0 saturated heterocycles. The molecular formula is C16H18FN3O3S. The maximum absolute atomic E-state index is 12.9. The fourth-order valence-corrected chi connectivity index (χ4v) is 2.65. The van der Waals surface area contributed by atoms with Crippen LogP contribution in [0, 0.1) is 5.82 Å². The van der Waals surface area contributed by atoms with Crippen molar-refractivity contribution in [1.29, 1.82) is 0 Å². The Bertz CT molecular complexity index is 703. The highest BCUT2D eigenvalue weighted by atomic mass is 32.2. The number of benzene rings is 1. The Morgan fingerprint density at radius 3 is 2.71 bits per heavy atom. The second-order valence-electron chi connectivity index (χ2n) is 5.66. The van der Waals surface area contributed by atoms with E-state index in [0.717, 1.165) is 12.8 Å². The lowest BCUT2D eigenvalue weighted by Gasteiger charge is -2.11. The van der Waals surface area contributed by atoms with E-state index < -0.39 is 6.10 Å². The SMILES string of the molecule is C[C@H](Sc1nnc([C@H](C)Oc2ccc(F)cc2)o1)C(=O)NC1CC1. The molecule has 0 bridgehead atoms. The predicted molar refractivity (Wildman–Crippen MR) is 86.2 cm³/mol. The molecular weight excluding hydrogens is 333 g/mol. The van der Waals surface area contributed by atoms with Crippen LogP contribution in [0.4, 0.5) is 4.39 Å². The molecule has 128 valence electrons. The lowest BCUT2D eigenvalue weighted by Crippen LogP contribution is -2.32. The molecule has 2 atom stereocenters. The van der Waals surface area contributed by atoms with E-state index >= 15 is 0 Å². The Morgan fingerprint density at radius 2 is 2.04 bits per heavy atom. The minimum absolute atomic E-state index is 0.0298. The molecule has 1 aliphatic carbocycles. The van der Waals surface area contributed by atoms with Crippen LogP contribution in [0.5, 0.6) is 5.75 Å². The Hall–Kier alpha value is -2.09. The van der Waals surface area contributed by atoms with Gasteiger partial charge in [-0.05, 0) is 51.0 Å². The van der Waals surface area contributed by atoms with Crippen LogP contribution in [0.3, 0.4) is 0 Å². The van der Waals surface area contributed by atoms with Crippen LogP contribution in [0.2, 0.25) is 0 Å². The molecule has 24 heavy (non-hydrogen) atoms. The van der Waals surface area contributed by atoms with Crippen molar-refractivity contribution < 1.29 is 18.3 Å². The van der Waals surface area contributed by atoms with Gasteiger partial charge in [0.1, 0.15) is 11.6 Å². The summed E-state index contributed by atoms with van der Waals surface area (Å²) in [4.78, 5) is 11.9. The molecule has 1 fully saturated rings. The molecule has 0 aliphatic heterocycles. The number of halogens is 1. The van der Waals surface area contributed by atoms with Crippen LogP contribution in [0.1, 0.15) is 38.7 Å². The molecule has 1 heterocycles. The number of nitrogens with one attached hydrogen (secondary N) is 1. The summed E-state index contributed by atoms with van der Waals surface area (Å²) in [6.45, 7) is 3.55. The van der Waals surface area contributed by atoms with Crippen molar-refractivity contribution in [2.45, 2.75) is 49.3 Å². The smallest absolute Gasteiger partial charge is 0.277 e. The van der Waals surface area contributed by atoms with Crippen molar-refractivity contribution in [2.24, 2.45) is 0 Å². The summed E-state index contributed by atoms with van der Waals surface area (Å²) in [7, 11) is 0. The van der Waals surface area contributed by atoms with Crippen molar-refractivity contribution in [1.82, 2.24) is 15.5 Å². The van der Waals surface area contributed by atoms with Gasteiger partial charge in [-0.3, -0.25) is 4.79 Å². The van der Waals surface area contributed by atoms with E-state index in [1.54, 1.807) is 13.8 Å². The molecule has 8 heteroatoms. The average molecular weight is 351 g/mol. The number of hydrogen-bond donors (Lipinski definition) is 1. The average Bonchev–Trinajstić information content (AvgIpc) is 3.24. The van der Waals surface area contributed by atoms with Gasteiger partial charge in [-0.15, -0.1) is 10.2 Å². The second kappa shape index (κ2) is 7.21. The first-order valence-electron chi connectivity index (χ1n) is 7.74. The largest absolute Gasteiger partial charge is 0.481 e. The third kappa shape index (κ3) is 4.47. The lowest BCUT2D eigenvalue weighted by molar-refractivity contribution is -0.120. The Balaban J connectivity index is 1.55. The maximum atomic E-state index is 12.9. The zero-order valence-corrected chi connectivity index (χ0v) is 14.2. The summed E-state index contributed by atoms with van der Waals surface area (Å²) < 4.78 is 24.1. The molecule has 0 radical (unpaired) electrons. The van der Waals surface area contributed by atoms with Gasteiger partial charge in [-0.1, -0.05) is 11.8 Å². The van der Waals surface area contributed by atoms with Crippen molar-refractivity contribution >= 4 is 17.7 Å². The van der Waals surface area contributed by atoms with Gasteiger partial charge in [-0.25, -0.2) is 4.39 Å². The minimum atomic E-state index is -0.479. The highest BCUT2D eigenvalue weighted by Crippen LogP contribution is 2.27. The molecule has 1 saturated carbocycles. The van der Waals surface area contributed by atoms with Gasteiger partial charge in [0.25, 0.3) is 11.1 Å². The Labute approximate surface area is 143 Å². The molecule has 1 N–H and O–H groups in total. The van der Waals surface area contributed by atoms with Gasteiger partial charge in [0, 0.05) is 6.04 Å². The van der Waals surface area contributed by atoms with Crippen molar-refractivity contribution in [3.05, 3.63) is 36.0 Å². The van der Waals surface area contributed by atoms with Crippen LogP contribution in [0.15, 0.2) is 33.9 Å². The van der Waals surface area contributed by atoms with Gasteiger partial charge in [0.05, 0.1) is 5.25 Å². The fourth-order valence-electron chi connectivity index (χ4n) is 1.95. The number of aromatic nitrogens is 2. The van der Waals surface area contributed by atoms with Gasteiger partial charge < -0.3 is 14.5 Å². The molecule has 1 aromatic carbocycles. The van der Waals surface area contributed by atoms with Gasteiger partial charge in [0.15, 0.2) is 6.10 Å². The van der Waals surface area contributed by atoms with E-state index in [1.807, 2.05) is 0 Å². The summed E-state index contributed by atoms with van der Waals surface area (Å²) in [6, 6.07) is 6.02. The number of thioether (sulfide) groups is 1. The third-order valence-electron chi connectivity index (χ3n) is 3.47. The highest BCUT2D eigenvalue weighted by Gasteiger charge is 2.27. The van der Waals surface area contributed by atoms with E-state index in [-0.39, 0.29) is 17.0 Å². The molecule has 1 aliphatic rings. The first-order chi connectivity index (χ1) is 11.5. The summed E-state index contributed by atoms with van der Waals surface area (Å²) >= 11 is 1.21. The molecule has 2 aromatic rings. The van der Waals surface area contributed by atoms with Crippen LogP contribution < -0.4 is 10.1 Å². The van der Waals surface area contributed by atoms with Crippen molar-refractivity contribution in [3.63, 3.8) is 0 Å². The normalized spacial score (nSPS) is 16.5. The number of ether oxygens (including phenoxy) is 1. The highest BCUT2D eigenvalue weighted by molar-refractivity contribution is 8.00. The molecule has 0 unspecified atom stereocenters. The first kappa shape index (κ1) is 16.8. The summed E-state index contributed by atoms with van der Waals surface area (Å²) in [6.07, 6.45) is 1.62. The standard InChI is InChI=1S/C16H18FN3O3S/c1-9(22-13-7-3-11(17)4-8-13)15-19-20-16(23-15)24-10(2)14(21)18-12-5-6-12/h3-4,7-10,12H,5-6H2,1-2H3,(H,18,21)/t9-,10-/m0/s1. The molecule has 3 rings (SSSR count). The summed E-state index contributed by atoms with van der Waals surface area (Å²) in [5.41, 5.74) is 0. The van der Waals surface area contributed by atoms with E-state index in [4.69, 9.17) is 9.15 Å². The molecule has 6 nitrogen and oxygen atoms in total. The van der Waals surface area contributed by atoms with E-state index in [2.05, 4.69) is 15.5 Å². The predicted octanol–water partition coefficient (Wildman–Crippen LogP) is 3.11. The number of carbonyl (C=O) groups is 1. The second-order valence-corrected chi connectivity index (χ2v) is 6.96. The number of rotatable bonds is 7. The monoisotopic (exact) mass is 351 g/mol. The number of amides is 1. The quantitative estimate of drug-likeness (QED) is 0.773. The van der Waals surface area contributed by atoms with E-state index in [1.165, 1.54) is 36.0 Å². The van der Waals surface area contributed by atoms with Crippen molar-refractivity contribution in [2.75, 3.05) is 0 Å². The van der Waals surface area contributed by atoms with E-state index in [9.17, 15) is 9.18 Å². The maximum Gasteiger partial charge on any atom is 0.277 e. The zero-order chi connectivity index (χ0) is 17.1. The molecule has 1 amide bonds. The van der Waals surface area contributed by atoms with Crippen molar-refractivity contribution in [3.8, 4) is 5.75 Å². The van der Waals surface area contributed by atoms with Gasteiger partial charge in [0.2, 0.25) is 5.91 Å². The summed E-state index contributed by atoms with van der Waals surface area (Å²) in [5.74, 6) is 0.452. The van der Waals surface area contributed by atoms with Crippen LogP contribution in [-0.4, -0.2) is 27.4 Å². The zero-order valence-electron chi connectivity index (χ0n) is 13.4. The van der Waals surface area contributed by atoms with Crippen LogP contribution in [-0.2, 0) is 4.79 Å². The minimum Gasteiger partial charge on any atom is -0.481 e. The Morgan fingerprint density at radius 1 is 1.33 bits per heavy atom. The topological polar surface area (TPSA) is 77.2 Å². The number of hydrogen-bond acceptors (Lipinski definition) is 6. The molecule has 0 spiro atoms. The van der Waals surface area contributed by atoms with Crippen LogP contribution in [0.25, 0.3) is 0 Å². The lowest BCUT2D eigenvalue weighted by atomic mass is 10.3. The number of carbonyl (C=O) groups excluding carboxylic acids is 1. The number of nitrogens with zero attached hydrogens (tertiary/aromatic N) is 2. The van der Waals surface area contributed by atoms with Crippen LogP contribution >= 0.6 is 11.8 Å².